The molecule has 0 radical (unpaired) electrons. The summed E-state index contributed by atoms with van der Waals surface area (Å²) in [5.41, 5.74) is 1.02. The molecule has 5 nitrogen and oxygen atoms in total. The minimum Gasteiger partial charge on any atom is -0.491 e. The number of ether oxygens (including phenoxy) is 2. The average molecular weight is 294 g/mol. The number of benzene rings is 1. The molecule has 0 spiro atoms. The quantitative estimate of drug-likeness (QED) is 0.704. The Morgan fingerprint density at radius 1 is 1.33 bits per heavy atom. The first-order valence-electron chi connectivity index (χ1n) is 7.20. The van der Waals surface area contributed by atoms with E-state index in [9.17, 15) is 4.79 Å². The molecule has 0 atom stereocenters. The summed E-state index contributed by atoms with van der Waals surface area (Å²) in [6.07, 6.45) is 0. The molecule has 0 saturated heterocycles. The summed E-state index contributed by atoms with van der Waals surface area (Å²) in [4.78, 5) is 13.8. The van der Waals surface area contributed by atoms with Gasteiger partial charge in [-0.25, -0.2) is 0 Å². The fraction of sp³-hybridized carbons (Fsp3) is 0.562. The van der Waals surface area contributed by atoms with Crippen molar-refractivity contribution in [2.75, 3.05) is 33.9 Å². The zero-order valence-electron chi connectivity index (χ0n) is 13.4. The van der Waals surface area contributed by atoms with E-state index >= 15 is 0 Å². The van der Waals surface area contributed by atoms with Crippen LogP contribution >= 0.6 is 0 Å². The summed E-state index contributed by atoms with van der Waals surface area (Å²) in [6, 6.07) is 8.07. The maximum Gasteiger partial charge on any atom is 0.234 e. The molecular weight excluding hydrogens is 268 g/mol. The van der Waals surface area contributed by atoms with Crippen molar-refractivity contribution in [3.63, 3.8) is 0 Å². The van der Waals surface area contributed by atoms with E-state index in [0.29, 0.717) is 32.3 Å². The molecule has 0 heterocycles. The molecule has 1 aromatic rings. The number of rotatable bonds is 9. The van der Waals surface area contributed by atoms with Crippen LogP contribution in [-0.4, -0.2) is 50.8 Å². The molecule has 1 amide bonds. The second-order valence-corrected chi connectivity index (χ2v) is 5.27. The highest BCUT2D eigenvalue weighted by atomic mass is 16.5. The molecule has 0 unspecified atom stereocenters. The Morgan fingerprint density at radius 2 is 2.10 bits per heavy atom. The Hall–Kier alpha value is -1.59. The number of nitrogens with zero attached hydrogens (tertiary/aromatic N) is 1. The molecule has 118 valence electrons. The first kappa shape index (κ1) is 17.5. The van der Waals surface area contributed by atoms with Crippen LogP contribution in [0.25, 0.3) is 0 Å². The predicted octanol–water partition coefficient (Wildman–Crippen LogP) is 1.67. The highest BCUT2D eigenvalue weighted by Gasteiger charge is 2.09. The molecule has 0 saturated carbocycles. The van der Waals surface area contributed by atoms with Crippen molar-refractivity contribution < 1.29 is 14.3 Å². The standard InChI is InChI=1S/C16H26N2O3/c1-13(2)18(3)12-16(19)17-11-14-6-5-7-15(10-14)21-9-8-20-4/h5-7,10,13H,8-9,11-12H2,1-4H3,(H,17,19). The smallest absolute Gasteiger partial charge is 0.234 e. The largest absolute Gasteiger partial charge is 0.491 e. The van der Waals surface area contributed by atoms with Gasteiger partial charge in [-0.15, -0.1) is 0 Å². The van der Waals surface area contributed by atoms with Crippen LogP contribution in [0.15, 0.2) is 24.3 Å². The van der Waals surface area contributed by atoms with Gasteiger partial charge in [-0.2, -0.15) is 0 Å². The van der Waals surface area contributed by atoms with Crippen molar-refractivity contribution in [3.8, 4) is 5.75 Å². The van der Waals surface area contributed by atoms with E-state index in [0.717, 1.165) is 11.3 Å². The maximum absolute atomic E-state index is 11.8. The molecule has 0 aliphatic carbocycles. The molecule has 5 heteroatoms. The van der Waals surface area contributed by atoms with Crippen LogP contribution in [-0.2, 0) is 16.1 Å². The van der Waals surface area contributed by atoms with Gasteiger partial charge in [0, 0.05) is 19.7 Å². The lowest BCUT2D eigenvalue weighted by Gasteiger charge is -2.20. The second kappa shape index (κ2) is 9.37. The summed E-state index contributed by atoms with van der Waals surface area (Å²) in [6.45, 7) is 6.12. The molecule has 1 N–H and O–H groups in total. The monoisotopic (exact) mass is 294 g/mol. The summed E-state index contributed by atoms with van der Waals surface area (Å²) in [5.74, 6) is 0.815. The highest BCUT2D eigenvalue weighted by Crippen LogP contribution is 2.13. The third-order valence-corrected chi connectivity index (χ3v) is 3.22. The SMILES string of the molecule is COCCOc1cccc(CNC(=O)CN(C)C(C)C)c1. The van der Waals surface area contributed by atoms with Crippen molar-refractivity contribution in [2.24, 2.45) is 0 Å². The number of hydrogen-bond donors (Lipinski definition) is 1. The van der Waals surface area contributed by atoms with E-state index in [1.165, 1.54) is 0 Å². The average Bonchev–Trinajstić information content (AvgIpc) is 2.46. The minimum absolute atomic E-state index is 0.0249. The molecular formula is C16H26N2O3. The van der Waals surface area contributed by atoms with Gasteiger partial charge in [-0.05, 0) is 38.6 Å². The fourth-order valence-corrected chi connectivity index (χ4v) is 1.65. The number of hydrogen-bond acceptors (Lipinski definition) is 4. The van der Waals surface area contributed by atoms with Gasteiger partial charge in [-0.3, -0.25) is 9.69 Å². The van der Waals surface area contributed by atoms with Gasteiger partial charge in [0.25, 0.3) is 0 Å². The van der Waals surface area contributed by atoms with Gasteiger partial charge >= 0.3 is 0 Å². The lowest BCUT2D eigenvalue weighted by Crippen LogP contribution is -2.38. The van der Waals surface area contributed by atoms with Gasteiger partial charge in [0.15, 0.2) is 0 Å². The number of carbonyl (C=O) groups excluding carboxylic acids is 1. The zero-order valence-corrected chi connectivity index (χ0v) is 13.4. The lowest BCUT2D eigenvalue weighted by molar-refractivity contribution is -0.122. The summed E-state index contributed by atoms with van der Waals surface area (Å²) >= 11 is 0. The van der Waals surface area contributed by atoms with Crippen LogP contribution in [0.3, 0.4) is 0 Å². The normalized spacial score (nSPS) is 11.0. The van der Waals surface area contributed by atoms with E-state index in [4.69, 9.17) is 9.47 Å². The van der Waals surface area contributed by atoms with Gasteiger partial charge in [-0.1, -0.05) is 12.1 Å². The van der Waals surface area contributed by atoms with Crippen LogP contribution in [0.2, 0.25) is 0 Å². The Balaban J connectivity index is 2.40. The summed E-state index contributed by atoms with van der Waals surface area (Å²) in [7, 11) is 3.58. The van der Waals surface area contributed by atoms with Crippen molar-refractivity contribution in [3.05, 3.63) is 29.8 Å². The van der Waals surface area contributed by atoms with Crippen molar-refractivity contribution in [1.29, 1.82) is 0 Å². The van der Waals surface area contributed by atoms with Crippen LogP contribution in [0, 0.1) is 0 Å². The summed E-state index contributed by atoms with van der Waals surface area (Å²) < 4.78 is 10.5. The number of amides is 1. The van der Waals surface area contributed by atoms with Gasteiger partial charge in [0.2, 0.25) is 5.91 Å². The molecule has 0 aliphatic heterocycles. The third-order valence-electron chi connectivity index (χ3n) is 3.22. The molecule has 0 aliphatic rings. The van der Waals surface area contributed by atoms with E-state index < -0.39 is 0 Å². The van der Waals surface area contributed by atoms with E-state index in [2.05, 4.69) is 19.2 Å². The predicted molar refractivity (Wildman–Crippen MR) is 83.4 cm³/mol. The summed E-state index contributed by atoms with van der Waals surface area (Å²) in [5, 5.41) is 2.92. The number of methoxy groups -OCH3 is 1. The number of likely N-dealkylation sites (N-methyl/N-ethyl adjacent to an activating group) is 1. The second-order valence-electron chi connectivity index (χ2n) is 5.27. The van der Waals surface area contributed by atoms with Crippen LogP contribution in [0.4, 0.5) is 0 Å². The van der Waals surface area contributed by atoms with Gasteiger partial charge in [0.1, 0.15) is 12.4 Å². The Labute approximate surface area is 127 Å². The number of nitrogens with one attached hydrogen (secondary N) is 1. The minimum atomic E-state index is 0.0249. The fourth-order valence-electron chi connectivity index (χ4n) is 1.65. The molecule has 0 bridgehead atoms. The molecule has 0 aromatic heterocycles. The van der Waals surface area contributed by atoms with E-state index in [1.54, 1.807) is 7.11 Å². The Kier molecular flexibility index (Phi) is 7.79. The van der Waals surface area contributed by atoms with Crippen molar-refractivity contribution in [2.45, 2.75) is 26.4 Å². The van der Waals surface area contributed by atoms with Crippen LogP contribution in [0.5, 0.6) is 5.75 Å². The molecule has 0 fully saturated rings. The topological polar surface area (TPSA) is 50.8 Å². The van der Waals surface area contributed by atoms with Gasteiger partial charge < -0.3 is 14.8 Å². The lowest BCUT2D eigenvalue weighted by atomic mass is 10.2. The zero-order chi connectivity index (χ0) is 15.7. The Morgan fingerprint density at radius 3 is 2.76 bits per heavy atom. The number of carbonyl (C=O) groups is 1. The first-order chi connectivity index (χ1) is 10.0. The van der Waals surface area contributed by atoms with Gasteiger partial charge in [0.05, 0.1) is 13.2 Å². The highest BCUT2D eigenvalue weighted by molar-refractivity contribution is 5.78. The molecule has 21 heavy (non-hydrogen) atoms. The van der Waals surface area contributed by atoms with Crippen molar-refractivity contribution in [1.82, 2.24) is 10.2 Å². The molecule has 1 aromatic carbocycles. The van der Waals surface area contributed by atoms with E-state index in [-0.39, 0.29) is 5.91 Å². The Bertz CT molecular complexity index is 435. The van der Waals surface area contributed by atoms with Crippen molar-refractivity contribution >= 4 is 5.91 Å². The molecule has 1 rings (SSSR count). The van der Waals surface area contributed by atoms with E-state index in [1.807, 2.05) is 36.2 Å². The third kappa shape index (κ3) is 7.11. The van der Waals surface area contributed by atoms with Crippen LogP contribution < -0.4 is 10.1 Å². The van der Waals surface area contributed by atoms with Crippen LogP contribution in [0.1, 0.15) is 19.4 Å². The maximum atomic E-state index is 11.8. The first-order valence-corrected chi connectivity index (χ1v) is 7.20.